The third-order valence-corrected chi connectivity index (χ3v) is 5.83. The Labute approximate surface area is 155 Å². The molecule has 6 heteroatoms. The highest BCUT2D eigenvalue weighted by molar-refractivity contribution is 7.10. The summed E-state index contributed by atoms with van der Waals surface area (Å²) >= 11 is 1.20. The Bertz CT molecular complexity index is 1020. The molecule has 1 aromatic heterocycles. The van der Waals surface area contributed by atoms with E-state index in [1.807, 2.05) is 54.6 Å². The normalized spacial score (nSPS) is 16.5. The highest BCUT2D eigenvalue weighted by Crippen LogP contribution is 2.46. The van der Waals surface area contributed by atoms with Crippen molar-refractivity contribution in [2.75, 3.05) is 12.0 Å². The van der Waals surface area contributed by atoms with Crippen LogP contribution in [-0.2, 0) is 11.8 Å². The summed E-state index contributed by atoms with van der Waals surface area (Å²) in [6.45, 7) is 0. The van der Waals surface area contributed by atoms with Crippen LogP contribution < -0.4 is 14.5 Å². The number of fused-ring (bicyclic) bond motifs is 1. The number of hydrogen-bond acceptors (Lipinski definition) is 4. The van der Waals surface area contributed by atoms with E-state index in [0.29, 0.717) is 12.2 Å². The van der Waals surface area contributed by atoms with E-state index in [0.717, 1.165) is 21.9 Å². The first-order valence-electron chi connectivity index (χ1n) is 8.32. The quantitative estimate of drug-likeness (QED) is 0.711. The summed E-state index contributed by atoms with van der Waals surface area (Å²) < 4.78 is 7.05. The first-order chi connectivity index (χ1) is 12.6. The van der Waals surface area contributed by atoms with Gasteiger partial charge in [-0.1, -0.05) is 47.7 Å². The molecule has 2 heterocycles. The van der Waals surface area contributed by atoms with Crippen molar-refractivity contribution in [3.8, 4) is 5.75 Å². The number of methoxy groups -OCH3 is 1. The molecule has 0 spiro atoms. The van der Waals surface area contributed by atoms with Crippen molar-refractivity contribution in [2.45, 2.75) is 12.3 Å². The third kappa shape index (κ3) is 2.54. The molecule has 3 aromatic rings. The van der Waals surface area contributed by atoms with E-state index < -0.39 is 0 Å². The van der Waals surface area contributed by atoms with Crippen LogP contribution in [0.15, 0.2) is 59.4 Å². The SMILES string of the molecule is COc1ccccc1[C@@H]1CC(=O)N(c2ccccc2)c2c1sc(=O)n2C. The molecule has 0 N–H and O–H groups in total. The van der Waals surface area contributed by atoms with E-state index in [1.54, 1.807) is 23.6 Å². The molecule has 132 valence electrons. The molecule has 5 nitrogen and oxygen atoms in total. The van der Waals surface area contributed by atoms with Gasteiger partial charge >= 0.3 is 4.87 Å². The van der Waals surface area contributed by atoms with E-state index in [9.17, 15) is 9.59 Å². The molecule has 2 aromatic carbocycles. The maximum absolute atomic E-state index is 13.1. The summed E-state index contributed by atoms with van der Waals surface area (Å²) in [6, 6.07) is 17.1. The van der Waals surface area contributed by atoms with Crippen molar-refractivity contribution >= 4 is 28.7 Å². The fraction of sp³-hybridized carbons (Fsp3) is 0.200. The number of benzene rings is 2. The lowest BCUT2D eigenvalue weighted by Gasteiger charge is -2.32. The average Bonchev–Trinajstić information content (AvgIpc) is 2.97. The summed E-state index contributed by atoms with van der Waals surface area (Å²) in [4.78, 5) is 28.0. The second-order valence-corrected chi connectivity index (χ2v) is 7.17. The molecule has 0 aliphatic carbocycles. The van der Waals surface area contributed by atoms with Crippen LogP contribution in [0.4, 0.5) is 11.5 Å². The Morgan fingerprint density at radius 3 is 2.46 bits per heavy atom. The summed E-state index contributed by atoms with van der Waals surface area (Å²) in [6.07, 6.45) is 0.294. The van der Waals surface area contributed by atoms with Gasteiger partial charge in [0.1, 0.15) is 11.6 Å². The Morgan fingerprint density at radius 1 is 1.04 bits per heavy atom. The number of aromatic nitrogens is 1. The van der Waals surface area contributed by atoms with Crippen LogP contribution in [0.1, 0.15) is 22.8 Å². The zero-order chi connectivity index (χ0) is 18.3. The standard InChI is InChI=1S/C20H18N2O3S/c1-21-19-18(26-20(21)24)15(14-10-6-7-11-16(14)25-2)12-17(23)22(19)13-8-4-3-5-9-13/h3-11,15H,12H2,1-2H3/t15-/m0/s1. The Hall–Kier alpha value is -2.86. The van der Waals surface area contributed by atoms with Crippen LogP contribution in [0.5, 0.6) is 5.75 Å². The number of thiazole rings is 1. The van der Waals surface area contributed by atoms with Crippen molar-refractivity contribution in [3.63, 3.8) is 0 Å². The van der Waals surface area contributed by atoms with E-state index >= 15 is 0 Å². The fourth-order valence-electron chi connectivity index (χ4n) is 3.47. The molecule has 1 aliphatic heterocycles. The highest BCUT2D eigenvalue weighted by Gasteiger charge is 2.38. The Kier molecular flexibility index (Phi) is 4.12. The fourth-order valence-corrected chi connectivity index (χ4v) is 4.56. The molecular formula is C20H18N2O3S. The lowest BCUT2D eigenvalue weighted by Crippen LogP contribution is -2.34. The van der Waals surface area contributed by atoms with Crippen LogP contribution in [0.25, 0.3) is 0 Å². The zero-order valence-corrected chi connectivity index (χ0v) is 15.3. The lowest BCUT2D eigenvalue weighted by atomic mass is 9.89. The van der Waals surface area contributed by atoms with Gasteiger partial charge in [0.2, 0.25) is 5.91 Å². The molecule has 0 saturated heterocycles. The summed E-state index contributed by atoms with van der Waals surface area (Å²) in [5.41, 5.74) is 1.70. The van der Waals surface area contributed by atoms with Crippen LogP contribution in [0.3, 0.4) is 0 Å². The molecule has 1 atom stereocenters. The number of amides is 1. The van der Waals surface area contributed by atoms with E-state index in [4.69, 9.17) is 4.74 Å². The van der Waals surface area contributed by atoms with Gasteiger partial charge in [0.15, 0.2) is 0 Å². The van der Waals surface area contributed by atoms with E-state index in [1.165, 1.54) is 11.3 Å². The molecule has 0 radical (unpaired) electrons. The molecule has 26 heavy (non-hydrogen) atoms. The first kappa shape index (κ1) is 16.6. The number of anilines is 2. The van der Waals surface area contributed by atoms with Crippen LogP contribution >= 0.6 is 11.3 Å². The molecule has 0 fully saturated rings. The highest BCUT2D eigenvalue weighted by atomic mass is 32.1. The van der Waals surface area contributed by atoms with Crippen molar-refractivity contribution in [3.05, 3.63) is 74.7 Å². The Morgan fingerprint density at radius 2 is 1.73 bits per heavy atom. The third-order valence-electron chi connectivity index (χ3n) is 4.69. The van der Waals surface area contributed by atoms with Gasteiger partial charge in [-0.15, -0.1) is 0 Å². The van der Waals surface area contributed by atoms with Crippen LogP contribution in [0.2, 0.25) is 0 Å². The van der Waals surface area contributed by atoms with Gasteiger partial charge in [-0.2, -0.15) is 0 Å². The number of ether oxygens (including phenoxy) is 1. The molecule has 1 aliphatic rings. The number of carbonyl (C=O) groups is 1. The zero-order valence-electron chi connectivity index (χ0n) is 14.5. The van der Waals surface area contributed by atoms with Crippen LogP contribution in [-0.4, -0.2) is 17.6 Å². The van der Waals surface area contributed by atoms with Gasteiger partial charge < -0.3 is 4.74 Å². The van der Waals surface area contributed by atoms with Gasteiger partial charge in [0.25, 0.3) is 0 Å². The minimum atomic E-state index is -0.187. The number of hydrogen-bond donors (Lipinski definition) is 0. The molecule has 1 amide bonds. The lowest BCUT2D eigenvalue weighted by molar-refractivity contribution is -0.118. The van der Waals surface area contributed by atoms with E-state index in [-0.39, 0.29) is 16.7 Å². The number of para-hydroxylation sites is 2. The largest absolute Gasteiger partial charge is 0.496 e. The average molecular weight is 366 g/mol. The topological polar surface area (TPSA) is 51.5 Å². The van der Waals surface area contributed by atoms with Crippen molar-refractivity contribution < 1.29 is 9.53 Å². The van der Waals surface area contributed by atoms with Crippen LogP contribution in [0, 0.1) is 0 Å². The predicted molar refractivity (Wildman–Crippen MR) is 103 cm³/mol. The monoisotopic (exact) mass is 366 g/mol. The van der Waals surface area contributed by atoms with Gasteiger partial charge in [0.05, 0.1) is 17.7 Å². The number of nitrogens with zero attached hydrogens (tertiary/aromatic N) is 2. The first-order valence-corrected chi connectivity index (χ1v) is 9.14. The number of rotatable bonds is 3. The minimum Gasteiger partial charge on any atom is -0.496 e. The van der Waals surface area contributed by atoms with Gasteiger partial charge in [-0.25, -0.2) is 0 Å². The summed E-state index contributed by atoms with van der Waals surface area (Å²) in [7, 11) is 3.33. The van der Waals surface area contributed by atoms with Gasteiger partial charge in [-0.05, 0) is 18.2 Å². The molecule has 4 rings (SSSR count). The maximum Gasteiger partial charge on any atom is 0.308 e. The number of carbonyl (C=O) groups excluding carboxylic acids is 1. The molecule has 0 bridgehead atoms. The molecular weight excluding hydrogens is 348 g/mol. The predicted octanol–water partition coefficient (Wildman–Crippen LogP) is 3.66. The maximum atomic E-state index is 13.1. The Balaban J connectivity index is 1.93. The van der Waals surface area contributed by atoms with E-state index in [2.05, 4.69) is 0 Å². The molecule has 0 unspecified atom stereocenters. The summed E-state index contributed by atoms with van der Waals surface area (Å²) in [5, 5.41) is 0. The molecule has 0 saturated carbocycles. The summed E-state index contributed by atoms with van der Waals surface area (Å²) in [5.74, 6) is 1.16. The van der Waals surface area contributed by atoms with Gasteiger partial charge in [0, 0.05) is 24.9 Å². The smallest absolute Gasteiger partial charge is 0.308 e. The van der Waals surface area contributed by atoms with Gasteiger partial charge in [-0.3, -0.25) is 19.1 Å². The second-order valence-electron chi connectivity index (χ2n) is 6.18. The van der Waals surface area contributed by atoms with Crippen molar-refractivity contribution in [1.29, 1.82) is 0 Å². The minimum absolute atomic E-state index is 0.0343. The van der Waals surface area contributed by atoms with Crippen molar-refractivity contribution in [2.24, 2.45) is 7.05 Å². The second kappa shape index (κ2) is 6.46. The van der Waals surface area contributed by atoms with Crippen molar-refractivity contribution in [1.82, 2.24) is 4.57 Å².